The topological polar surface area (TPSA) is 36.4 Å². The molecule has 1 aromatic rings. The summed E-state index contributed by atoms with van der Waals surface area (Å²) in [6.07, 6.45) is 8.17. The SMILES string of the molecule is C[C@@H](O)c1ccc(N2CCCC3CCCC32)nc1. The second kappa shape index (κ2) is 4.88. The van der Waals surface area contributed by atoms with Crippen molar-refractivity contribution in [2.45, 2.75) is 51.2 Å². The number of hydrogen-bond acceptors (Lipinski definition) is 3. The lowest BCUT2D eigenvalue weighted by Gasteiger charge is -2.38. The van der Waals surface area contributed by atoms with Crippen molar-refractivity contribution in [2.24, 2.45) is 5.92 Å². The number of aliphatic hydroxyl groups is 1. The minimum absolute atomic E-state index is 0.424. The van der Waals surface area contributed by atoms with Gasteiger partial charge in [0, 0.05) is 18.8 Å². The van der Waals surface area contributed by atoms with Crippen molar-refractivity contribution in [2.75, 3.05) is 11.4 Å². The van der Waals surface area contributed by atoms with Crippen LogP contribution in [0.4, 0.5) is 5.82 Å². The third kappa shape index (κ3) is 2.12. The Kier molecular flexibility index (Phi) is 3.25. The van der Waals surface area contributed by atoms with Crippen molar-refractivity contribution < 1.29 is 5.11 Å². The number of fused-ring (bicyclic) bond motifs is 1. The summed E-state index contributed by atoms with van der Waals surface area (Å²) >= 11 is 0. The van der Waals surface area contributed by atoms with Crippen molar-refractivity contribution in [1.82, 2.24) is 4.98 Å². The molecule has 2 fully saturated rings. The molecular weight excluding hydrogens is 224 g/mol. The van der Waals surface area contributed by atoms with Crippen molar-refractivity contribution >= 4 is 5.82 Å². The Bertz CT molecular complexity index is 401. The quantitative estimate of drug-likeness (QED) is 0.871. The van der Waals surface area contributed by atoms with E-state index < -0.39 is 6.10 Å². The van der Waals surface area contributed by atoms with Crippen LogP contribution in [0, 0.1) is 5.92 Å². The highest BCUT2D eigenvalue weighted by Crippen LogP contribution is 2.38. The molecule has 3 heteroatoms. The molecule has 0 bridgehead atoms. The number of anilines is 1. The summed E-state index contributed by atoms with van der Waals surface area (Å²) in [4.78, 5) is 7.04. The van der Waals surface area contributed by atoms with Gasteiger partial charge in [-0.25, -0.2) is 4.98 Å². The number of aromatic nitrogens is 1. The lowest BCUT2D eigenvalue weighted by atomic mass is 9.92. The van der Waals surface area contributed by atoms with Crippen molar-refractivity contribution in [3.63, 3.8) is 0 Å². The largest absolute Gasteiger partial charge is 0.389 e. The number of hydrogen-bond donors (Lipinski definition) is 1. The molecule has 0 spiro atoms. The van der Waals surface area contributed by atoms with Gasteiger partial charge in [0.15, 0.2) is 0 Å². The molecular formula is C15H22N2O. The zero-order valence-electron chi connectivity index (χ0n) is 11.0. The second-order valence-corrected chi connectivity index (χ2v) is 5.72. The molecule has 1 saturated carbocycles. The summed E-state index contributed by atoms with van der Waals surface area (Å²) < 4.78 is 0. The Balaban J connectivity index is 1.80. The molecule has 1 aromatic heterocycles. The minimum Gasteiger partial charge on any atom is -0.389 e. The third-order valence-corrected chi connectivity index (χ3v) is 4.54. The van der Waals surface area contributed by atoms with E-state index in [0.717, 1.165) is 23.8 Å². The molecule has 2 heterocycles. The predicted molar refractivity (Wildman–Crippen MR) is 72.6 cm³/mol. The molecule has 98 valence electrons. The smallest absolute Gasteiger partial charge is 0.128 e. The molecule has 0 aromatic carbocycles. The van der Waals surface area contributed by atoms with Gasteiger partial charge in [-0.2, -0.15) is 0 Å². The van der Waals surface area contributed by atoms with Gasteiger partial charge in [-0.15, -0.1) is 0 Å². The second-order valence-electron chi connectivity index (χ2n) is 5.72. The highest BCUT2D eigenvalue weighted by atomic mass is 16.3. The van der Waals surface area contributed by atoms with Gasteiger partial charge in [0.05, 0.1) is 6.10 Å². The van der Waals surface area contributed by atoms with Crippen LogP contribution in [0.5, 0.6) is 0 Å². The summed E-state index contributed by atoms with van der Waals surface area (Å²) in [5, 5.41) is 9.52. The van der Waals surface area contributed by atoms with Gasteiger partial charge in [-0.3, -0.25) is 0 Å². The molecule has 1 N–H and O–H groups in total. The van der Waals surface area contributed by atoms with E-state index in [4.69, 9.17) is 0 Å². The Morgan fingerprint density at radius 1 is 1.28 bits per heavy atom. The van der Waals surface area contributed by atoms with Gasteiger partial charge in [-0.05, 0) is 50.2 Å². The Hall–Kier alpha value is -1.09. The molecule has 3 nitrogen and oxygen atoms in total. The highest BCUT2D eigenvalue weighted by Gasteiger charge is 2.35. The molecule has 3 rings (SSSR count). The van der Waals surface area contributed by atoms with E-state index in [-0.39, 0.29) is 0 Å². The van der Waals surface area contributed by atoms with Gasteiger partial charge >= 0.3 is 0 Å². The van der Waals surface area contributed by atoms with Crippen LogP contribution in [-0.4, -0.2) is 22.7 Å². The van der Waals surface area contributed by atoms with Gasteiger partial charge in [-0.1, -0.05) is 12.5 Å². The first-order valence-electron chi connectivity index (χ1n) is 7.16. The predicted octanol–water partition coefficient (Wildman–Crippen LogP) is 2.90. The fourth-order valence-corrected chi connectivity index (χ4v) is 3.55. The van der Waals surface area contributed by atoms with Crippen molar-refractivity contribution in [3.8, 4) is 0 Å². The summed E-state index contributed by atoms with van der Waals surface area (Å²) in [6.45, 7) is 2.92. The molecule has 2 unspecified atom stereocenters. The van der Waals surface area contributed by atoms with E-state index in [2.05, 4.69) is 16.0 Å². The number of aliphatic hydroxyl groups excluding tert-OH is 1. The maximum absolute atomic E-state index is 9.52. The zero-order chi connectivity index (χ0) is 12.5. The Morgan fingerprint density at radius 2 is 2.11 bits per heavy atom. The normalized spacial score (nSPS) is 29.1. The fourth-order valence-electron chi connectivity index (χ4n) is 3.55. The summed E-state index contributed by atoms with van der Waals surface area (Å²) in [5.74, 6) is 1.98. The Morgan fingerprint density at radius 3 is 2.83 bits per heavy atom. The number of rotatable bonds is 2. The van der Waals surface area contributed by atoms with Crippen LogP contribution in [0.3, 0.4) is 0 Å². The van der Waals surface area contributed by atoms with Crippen molar-refractivity contribution in [3.05, 3.63) is 23.9 Å². The molecule has 0 amide bonds. The average Bonchev–Trinajstić information content (AvgIpc) is 2.87. The molecule has 18 heavy (non-hydrogen) atoms. The maximum Gasteiger partial charge on any atom is 0.128 e. The summed E-state index contributed by atoms with van der Waals surface area (Å²) in [6, 6.07) is 4.79. The third-order valence-electron chi connectivity index (χ3n) is 4.54. The Labute approximate surface area is 109 Å². The maximum atomic E-state index is 9.52. The fraction of sp³-hybridized carbons (Fsp3) is 0.667. The summed E-state index contributed by atoms with van der Waals surface area (Å²) in [7, 11) is 0. The van der Waals surface area contributed by atoms with Crippen LogP contribution in [0.15, 0.2) is 18.3 Å². The lowest BCUT2D eigenvalue weighted by molar-refractivity contribution is 0.199. The van der Waals surface area contributed by atoms with Gasteiger partial charge in [0.25, 0.3) is 0 Å². The van der Waals surface area contributed by atoms with E-state index in [0.29, 0.717) is 6.04 Å². The average molecular weight is 246 g/mol. The van der Waals surface area contributed by atoms with E-state index in [9.17, 15) is 5.11 Å². The van der Waals surface area contributed by atoms with Gasteiger partial charge in [0.2, 0.25) is 0 Å². The van der Waals surface area contributed by atoms with Crippen LogP contribution in [0.1, 0.15) is 50.7 Å². The first-order chi connectivity index (χ1) is 8.75. The molecule has 0 radical (unpaired) electrons. The number of pyridine rings is 1. The molecule has 1 saturated heterocycles. The highest BCUT2D eigenvalue weighted by molar-refractivity contribution is 5.42. The monoisotopic (exact) mass is 246 g/mol. The zero-order valence-corrected chi connectivity index (χ0v) is 11.0. The van der Waals surface area contributed by atoms with Crippen LogP contribution < -0.4 is 4.90 Å². The van der Waals surface area contributed by atoms with E-state index in [1.54, 1.807) is 6.92 Å². The standard InChI is InChI=1S/C15H22N2O/c1-11(18)13-7-8-15(16-10-13)17-9-3-5-12-4-2-6-14(12)17/h7-8,10-12,14,18H,2-6,9H2,1H3/t11-,12?,14?/m1/s1. The molecule has 1 aliphatic carbocycles. The summed E-state index contributed by atoms with van der Waals surface area (Å²) in [5.41, 5.74) is 0.902. The van der Waals surface area contributed by atoms with E-state index in [1.165, 1.54) is 32.1 Å². The van der Waals surface area contributed by atoms with Crippen LogP contribution >= 0.6 is 0 Å². The van der Waals surface area contributed by atoms with Gasteiger partial charge < -0.3 is 10.0 Å². The molecule has 2 aliphatic rings. The van der Waals surface area contributed by atoms with Crippen LogP contribution in [0.25, 0.3) is 0 Å². The molecule has 3 atom stereocenters. The van der Waals surface area contributed by atoms with E-state index in [1.807, 2.05) is 12.3 Å². The van der Waals surface area contributed by atoms with Crippen LogP contribution in [-0.2, 0) is 0 Å². The van der Waals surface area contributed by atoms with Crippen LogP contribution in [0.2, 0.25) is 0 Å². The van der Waals surface area contributed by atoms with Gasteiger partial charge in [0.1, 0.15) is 5.82 Å². The van der Waals surface area contributed by atoms with E-state index >= 15 is 0 Å². The molecule has 1 aliphatic heterocycles. The lowest BCUT2D eigenvalue weighted by Crippen LogP contribution is -2.43. The number of nitrogens with zero attached hydrogens (tertiary/aromatic N) is 2. The first-order valence-corrected chi connectivity index (χ1v) is 7.16. The number of piperidine rings is 1. The minimum atomic E-state index is -0.424. The first kappa shape index (κ1) is 12.0. The van der Waals surface area contributed by atoms with Crippen molar-refractivity contribution in [1.29, 1.82) is 0 Å².